The zero-order valence-electron chi connectivity index (χ0n) is 6.01. The molecule has 0 bridgehead atoms. The Balaban J connectivity index is 2.89. The quantitative estimate of drug-likeness (QED) is 0.721. The fourth-order valence-corrected chi connectivity index (χ4v) is 2.31. The van der Waals surface area contributed by atoms with E-state index in [0.29, 0.717) is 0 Å². The summed E-state index contributed by atoms with van der Waals surface area (Å²) in [6.07, 6.45) is 1.76. The molecule has 0 aliphatic heterocycles. The molecule has 0 saturated heterocycles. The van der Waals surface area contributed by atoms with Crippen LogP contribution in [0.3, 0.4) is 0 Å². The van der Waals surface area contributed by atoms with E-state index in [1.165, 1.54) is 0 Å². The first-order valence-corrected chi connectivity index (χ1v) is 4.98. The summed E-state index contributed by atoms with van der Waals surface area (Å²) in [4.78, 5) is 4.19. The molecule has 0 amide bonds. The van der Waals surface area contributed by atoms with E-state index in [4.69, 9.17) is 0 Å². The molecule has 3 heteroatoms. The lowest BCUT2D eigenvalue weighted by molar-refractivity contribution is 1.40. The highest BCUT2D eigenvalue weighted by molar-refractivity contribution is 9.11. The van der Waals surface area contributed by atoms with Crippen LogP contribution in [0.5, 0.6) is 0 Å². The van der Waals surface area contributed by atoms with Crippen molar-refractivity contribution < 1.29 is 0 Å². The van der Waals surface area contributed by atoms with Gasteiger partial charge in [-0.15, -0.1) is 0 Å². The number of hydrogen-bond donors (Lipinski definition) is 0. The highest BCUT2D eigenvalue weighted by atomic mass is 79.9. The first-order chi connectivity index (χ1) is 5.77. The normalized spacial score (nSPS) is 10.5. The minimum atomic E-state index is 0.874. The summed E-state index contributed by atoms with van der Waals surface area (Å²) in [6, 6.07) is 8.99. The van der Waals surface area contributed by atoms with Crippen molar-refractivity contribution >= 4 is 42.8 Å². The molecule has 0 aliphatic rings. The van der Waals surface area contributed by atoms with Gasteiger partial charge in [-0.25, -0.2) is 0 Å². The SMILES string of the molecule is Brc1[c]c2ncccc2c(Br)c1. The zero-order chi connectivity index (χ0) is 8.55. The third kappa shape index (κ3) is 1.39. The summed E-state index contributed by atoms with van der Waals surface area (Å²) in [5.41, 5.74) is 0.874. The molecule has 59 valence electrons. The van der Waals surface area contributed by atoms with Crippen molar-refractivity contribution in [1.29, 1.82) is 0 Å². The van der Waals surface area contributed by atoms with E-state index in [-0.39, 0.29) is 0 Å². The molecule has 0 unspecified atom stereocenters. The molecule has 0 aliphatic carbocycles. The van der Waals surface area contributed by atoms with Gasteiger partial charge in [0.25, 0.3) is 0 Å². The van der Waals surface area contributed by atoms with Crippen LogP contribution >= 0.6 is 31.9 Å². The van der Waals surface area contributed by atoms with Gasteiger partial charge in [0.2, 0.25) is 0 Å². The molecule has 0 N–H and O–H groups in total. The minimum Gasteiger partial charge on any atom is -0.256 e. The van der Waals surface area contributed by atoms with Crippen molar-refractivity contribution in [2.75, 3.05) is 0 Å². The van der Waals surface area contributed by atoms with E-state index in [1.807, 2.05) is 18.2 Å². The van der Waals surface area contributed by atoms with Gasteiger partial charge in [-0.1, -0.05) is 37.9 Å². The number of pyridine rings is 1. The van der Waals surface area contributed by atoms with Gasteiger partial charge < -0.3 is 0 Å². The smallest absolute Gasteiger partial charge is 0.0804 e. The van der Waals surface area contributed by atoms with Crippen LogP contribution in [0.25, 0.3) is 10.9 Å². The lowest BCUT2D eigenvalue weighted by atomic mass is 10.2. The van der Waals surface area contributed by atoms with Crippen molar-refractivity contribution in [2.24, 2.45) is 0 Å². The van der Waals surface area contributed by atoms with Crippen molar-refractivity contribution in [3.8, 4) is 0 Å². The topological polar surface area (TPSA) is 12.9 Å². The van der Waals surface area contributed by atoms with Crippen molar-refractivity contribution in [3.05, 3.63) is 39.4 Å². The van der Waals surface area contributed by atoms with Crippen LogP contribution in [0.4, 0.5) is 0 Å². The molecule has 0 fully saturated rings. The van der Waals surface area contributed by atoms with Gasteiger partial charge in [0.05, 0.1) is 5.52 Å². The van der Waals surface area contributed by atoms with Gasteiger partial charge in [0.15, 0.2) is 0 Å². The van der Waals surface area contributed by atoms with Gasteiger partial charge in [-0.3, -0.25) is 4.98 Å². The molecule has 2 rings (SSSR count). The average molecular weight is 286 g/mol. The predicted octanol–water partition coefficient (Wildman–Crippen LogP) is 3.56. The number of aromatic nitrogens is 1. The lowest BCUT2D eigenvalue weighted by Gasteiger charge is -1.98. The number of nitrogens with zero attached hydrogens (tertiary/aromatic N) is 1. The van der Waals surface area contributed by atoms with E-state index in [1.54, 1.807) is 6.20 Å². The Morgan fingerprint density at radius 2 is 2.17 bits per heavy atom. The summed E-state index contributed by atoms with van der Waals surface area (Å²) in [7, 11) is 0. The molecule has 2 aromatic rings. The summed E-state index contributed by atoms with van der Waals surface area (Å²) in [6.45, 7) is 0. The molecule has 0 atom stereocenters. The average Bonchev–Trinajstić information content (AvgIpc) is 2.04. The fourth-order valence-electron chi connectivity index (χ4n) is 1.04. The second-order valence-electron chi connectivity index (χ2n) is 2.36. The number of benzene rings is 1. The Labute approximate surface area is 87.1 Å². The van der Waals surface area contributed by atoms with Crippen LogP contribution in [0, 0.1) is 6.07 Å². The monoisotopic (exact) mass is 284 g/mol. The molecule has 1 heterocycles. The summed E-state index contributed by atoms with van der Waals surface area (Å²) < 4.78 is 1.96. The first kappa shape index (κ1) is 8.20. The summed E-state index contributed by atoms with van der Waals surface area (Å²) in [5.74, 6) is 0. The third-order valence-corrected chi connectivity index (χ3v) is 2.64. The molecule has 0 spiro atoms. The molecular weight excluding hydrogens is 282 g/mol. The van der Waals surface area contributed by atoms with Gasteiger partial charge in [0.1, 0.15) is 0 Å². The Bertz CT molecular complexity index is 426. The maximum atomic E-state index is 4.19. The largest absolute Gasteiger partial charge is 0.256 e. The van der Waals surface area contributed by atoms with E-state index < -0.39 is 0 Å². The van der Waals surface area contributed by atoms with E-state index in [0.717, 1.165) is 19.8 Å². The van der Waals surface area contributed by atoms with Crippen molar-refractivity contribution in [1.82, 2.24) is 4.98 Å². The van der Waals surface area contributed by atoms with Crippen LogP contribution < -0.4 is 0 Å². The minimum absolute atomic E-state index is 0.874. The van der Waals surface area contributed by atoms with Gasteiger partial charge >= 0.3 is 0 Å². The molecule has 12 heavy (non-hydrogen) atoms. The highest BCUT2D eigenvalue weighted by Gasteiger charge is 2.00. The molecule has 1 aromatic heterocycles. The van der Waals surface area contributed by atoms with Crippen molar-refractivity contribution in [2.45, 2.75) is 0 Å². The Morgan fingerprint density at radius 3 is 3.00 bits per heavy atom. The summed E-state index contributed by atoms with van der Waals surface area (Å²) >= 11 is 6.82. The van der Waals surface area contributed by atoms with Gasteiger partial charge in [0, 0.05) is 26.6 Å². The zero-order valence-corrected chi connectivity index (χ0v) is 9.18. The first-order valence-electron chi connectivity index (χ1n) is 3.39. The predicted molar refractivity (Wildman–Crippen MR) is 56.0 cm³/mol. The Morgan fingerprint density at radius 1 is 1.33 bits per heavy atom. The van der Waals surface area contributed by atoms with Gasteiger partial charge in [-0.05, 0) is 12.1 Å². The van der Waals surface area contributed by atoms with E-state index in [2.05, 4.69) is 42.9 Å². The standard InChI is InChI=1S/C9H4Br2N/c10-6-4-8(11)7-2-1-3-12-9(7)5-6/h1-4H. The molecule has 0 saturated carbocycles. The fraction of sp³-hybridized carbons (Fsp3) is 0. The Hall–Kier alpha value is -0.410. The maximum Gasteiger partial charge on any atom is 0.0804 e. The second kappa shape index (κ2) is 3.15. The van der Waals surface area contributed by atoms with Crippen LogP contribution in [0.2, 0.25) is 0 Å². The number of fused-ring (bicyclic) bond motifs is 1. The molecule has 1 nitrogen and oxygen atoms in total. The lowest BCUT2D eigenvalue weighted by Crippen LogP contribution is -1.79. The van der Waals surface area contributed by atoms with E-state index >= 15 is 0 Å². The van der Waals surface area contributed by atoms with Gasteiger partial charge in [-0.2, -0.15) is 0 Å². The molecular formula is C9H4Br2N. The number of hydrogen-bond acceptors (Lipinski definition) is 1. The molecule has 1 aromatic carbocycles. The highest BCUT2D eigenvalue weighted by Crippen LogP contribution is 2.25. The number of rotatable bonds is 0. The molecule has 1 radical (unpaired) electrons. The third-order valence-electron chi connectivity index (χ3n) is 1.56. The second-order valence-corrected chi connectivity index (χ2v) is 4.07. The van der Waals surface area contributed by atoms with Crippen LogP contribution in [-0.2, 0) is 0 Å². The van der Waals surface area contributed by atoms with Crippen LogP contribution in [0.15, 0.2) is 33.3 Å². The van der Waals surface area contributed by atoms with Crippen LogP contribution in [-0.4, -0.2) is 4.98 Å². The Kier molecular flexibility index (Phi) is 2.15. The van der Waals surface area contributed by atoms with E-state index in [9.17, 15) is 0 Å². The number of halogens is 2. The van der Waals surface area contributed by atoms with Crippen molar-refractivity contribution in [3.63, 3.8) is 0 Å². The summed E-state index contributed by atoms with van der Waals surface area (Å²) in [5, 5.41) is 1.08. The maximum absolute atomic E-state index is 4.19. The van der Waals surface area contributed by atoms with Crippen LogP contribution in [0.1, 0.15) is 0 Å².